The Morgan fingerprint density at radius 2 is 1.22 bits per heavy atom. The number of hydrogen-bond acceptors (Lipinski definition) is 6. The third-order valence-electron chi connectivity index (χ3n) is 5.69. The second-order valence-electron chi connectivity index (χ2n) is 9.32. The molecule has 0 spiro atoms. The zero-order chi connectivity index (χ0) is 27.4. The number of aliphatic carboxylic acids is 1. The number of carboxylic acid groups (broad SMARTS) is 1. The summed E-state index contributed by atoms with van der Waals surface area (Å²) in [5.74, 6) is -2.91. The van der Waals surface area contributed by atoms with E-state index in [2.05, 4.69) is 28.6 Å². The largest absolute Gasteiger partial charge is 0.480 e. The summed E-state index contributed by atoms with van der Waals surface area (Å²) in [4.78, 5) is 50.5. The molecule has 0 radical (unpaired) electrons. The number of benzene rings is 2. The molecule has 0 aliphatic carbocycles. The molecule has 4 atom stereocenters. The van der Waals surface area contributed by atoms with Crippen LogP contribution in [0.2, 0.25) is 0 Å². The van der Waals surface area contributed by atoms with Gasteiger partial charge in [0.1, 0.15) is 18.1 Å². The minimum Gasteiger partial charge on any atom is -0.480 e. The maximum atomic E-state index is 13.0. The molecule has 0 saturated heterocycles. The van der Waals surface area contributed by atoms with E-state index in [1.54, 1.807) is 24.3 Å². The molecule has 0 aliphatic heterocycles. The number of carbonyl (C=O) groups is 4. The molecule has 3 amide bonds. The van der Waals surface area contributed by atoms with Crippen LogP contribution in [0.3, 0.4) is 0 Å². The van der Waals surface area contributed by atoms with Crippen LogP contribution in [0, 0.1) is 5.92 Å². The molecule has 0 aromatic heterocycles. The van der Waals surface area contributed by atoms with Crippen LogP contribution in [0.1, 0.15) is 31.4 Å². The molecular weight excluding hydrogens is 492 g/mol. The Morgan fingerprint density at radius 3 is 1.70 bits per heavy atom. The Labute approximate surface area is 223 Å². The van der Waals surface area contributed by atoms with Crippen LogP contribution < -0.4 is 21.7 Å². The molecule has 9 nitrogen and oxygen atoms in total. The van der Waals surface area contributed by atoms with Crippen LogP contribution >= 0.6 is 12.6 Å². The van der Waals surface area contributed by atoms with Gasteiger partial charge in [-0.2, -0.15) is 12.6 Å². The lowest BCUT2D eigenvalue weighted by molar-refractivity contribution is -0.142. The third-order valence-corrected chi connectivity index (χ3v) is 6.05. The van der Waals surface area contributed by atoms with E-state index >= 15 is 0 Å². The number of thiol groups is 1. The van der Waals surface area contributed by atoms with Crippen LogP contribution in [0.5, 0.6) is 0 Å². The summed E-state index contributed by atoms with van der Waals surface area (Å²) in [6.07, 6.45) is 0.666. The van der Waals surface area contributed by atoms with Crippen molar-refractivity contribution >= 4 is 36.3 Å². The molecule has 2 aromatic rings. The van der Waals surface area contributed by atoms with Crippen LogP contribution in [0.25, 0.3) is 0 Å². The Hall–Kier alpha value is -3.37. The molecule has 37 heavy (non-hydrogen) atoms. The first kappa shape index (κ1) is 29.9. The first-order valence-corrected chi connectivity index (χ1v) is 12.8. The van der Waals surface area contributed by atoms with E-state index in [4.69, 9.17) is 5.73 Å². The van der Waals surface area contributed by atoms with E-state index < -0.39 is 47.9 Å². The van der Waals surface area contributed by atoms with Crippen molar-refractivity contribution in [2.45, 2.75) is 57.3 Å². The van der Waals surface area contributed by atoms with E-state index in [1.807, 2.05) is 50.2 Å². The van der Waals surface area contributed by atoms with Crippen LogP contribution in [-0.4, -0.2) is 58.7 Å². The normalized spacial score (nSPS) is 14.2. The molecule has 2 aromatic carbocycles. The minimum absolute atomic E-state index is 0.0165. The quantitative estimate of drug-likeness (QED) is 0.204. The Balaban J connectivity index is 2.04. The van der Waals surface area contributed by atoms with E-state index in [0.29, 0.717) is 6.42 Å². The van der Waals surface area contributed by atoms with Gasteiger partial charge in [-0.05, 0) is 29.9 Å². The van der Waals surface area contributed by atoms with Gasteiger partial charge >= 0.3 is 5.97 Å². The maximum Gasteiger partial charge on any atom is 0.326 e. The van der Waals surface area contributed by atoms with Gasteiger partial charge in [0.25, 0.3) is 0 Å². The van der Waals surface area contributed by atoms with E-state index in [-0.39, 0.29) is 24.5 Å². The van der Waals surface area contributed by atoms with Gasteiger partial charge < -0.3 is 26.8 Å². The van der Waals surface area contributed by atoms with Crippen molar-refractivity contribution in [2.75, 3.05) is 5.75 Å². The van der Waals surface area contributed by atoms with Crippen molar-refractivity contribution in [2.24, 2.45) is 11.7 Å². The highest BCUT2D eigenvalue weighted by Crippen LogP contribution is 2.09. The van der Waals surface area contributed by atoms with Crippen LogP contribution in [0.4, 0.5) is 0 Å². The highest BCUT2D eigenvalue weighted by atomic mass is 32.1. The second kappa shape index (κ2) is 15.0. The van der Waals surface area contributed by atoms with E-state index in [0.717, 1.165) is 11.1 Å². The summed E-state index contributed by atoms with van der Waals surface area (Å²) in [5.41, 5.74) is 7.66. The Bertz CT molecular complexity index is 1040. The van der Waals surface area contributed by atoms with Gasteiger partial charge in [-0.3, -0.25) is 14.4 Å². The highest BCUT2D eigenvalue weighted by Gasteiger charge is 2.30. The zero-order valence-electron chi connectivity index (χ0n) is 21.1. The smallest absolute Gasteiger partial charge is 0.326 e. The molecular formula is C27H36N4O5S. The average molecular weight is 529 g/mol. The first-order valence-electron chi connectivity index (χ1n) is 12.2. The molecule has 4 unspecified atom stereocenters. The molecule has 0 heterocycles. The molecule has 0 bridgehead atoms. The lowest BCUT2D eigenvalue weighted by atomic mass is 10.0. The first-order chi connectivity index (χ1) is 17.6. The molecule has 200 valence electrons. The molecule has 6 N–H and O–H groups in total. The second-order valence-corrected chi connectivity index (χ2v) is 9.68. The number of hydrogen-bond donors (Lipinski definition) is 6. The lowest BCUT2D eigenvalue weighted by Gasteiger charge is -2.25. The van der Waals surface area contributed by atoms with Gasteiger partial charge in [-0.25, -0.2) is 4.79 Å². The molecule has 0 aliphatic rings. The van der Waals surface area contributed by atoms with Gasteiger partial charge in [0, 0.05) is 12.2 Å². The molecule has 0 fully saturated rings. The van der Waals surface area contributed by atoms with Gasteiger partial charge in [-0.1, -0.05) is 74.5 Å². The molecule has 2 rings (SSSR count). The fourth-order valence-corrected chi connectivity index (χ4v) is 3.99. The summed E-state index contributed by atoms with van der Waals surface area (Å²) in [5, 5.41) is 17.4. The summed E-state index contributed by atoms with van der Waals surface area (Å²) < 4.78 is 0. The van der Waals surface area contributed by atoms with Gasteiger partial charge in [-0.15, -0.1) is 0 Å². The molecule has 10 heteroatoms. The topological polar surface area (TPSA) is 151 Å². The number of nitrogens with one attached hydrogen (secondary N) is 3. The van der Waals surface area contributed by atoms with Gasteiger partial charge in [0.05, 0.1) is 6.04 Å². The number of carboxylic acids is 1. The summed E-state index contributed by atoms with van der Waals surface area (Å²) >= 11 is 4.18. The fourth-order valence-electron chi connectivity index (χ4n) is 3.73. The van der Waals surface area contributed by atoms with Crippen LogP contribution in [0.15, 0.2) is 60.7 Å². The zero-order valence-corrected chi connectivity index (χ0v) is 22.0. The van der Waals surface area contributed by atoms with Crippen molar-refractivity contribution in [1.82, 2.24) is 16.0 Å². The molecule has 0 saturated carbocycles. The van der Waals surface area contributed by atoms with Crippen molar-refractivity contribution in [3.05, 3.63) is 71.8 Å². The Morgan fingerprint density at radius 1 is 0.757 bits per heavy atom. The van der Waals surface area contributed by atoms with Crippen molar-refractivity contribution < 1.29 is 24.3 Å². The Kier molecular flexibility index (Phi) is 12.1. The SMILES string of the molecule is CC(C)CC(NC(=O)C(CS)NC(=O)C(N)Cc1ccccc1)C(=O)NC(Cc1ccccc1)C(=O)O. The van der Waals surface area contributed by atoms with E-state index in [1.165, 1.54) is 0 Å². The highest BCUT2D eigenvalue weighted by molar-refractivity contribution is 7.80. The van der Waals surface area contributed by atoms with Crippen molar-refractivity contribution in [1.29, 1.82) is 0 Å². The summed E-state index contributed by atoms with van der Waals surface area (Å²) in [6.45, 7) is 3.76. The maximum absolute atomic E-state index is 13.0. The predicted octanol–water partition coefficient (Wildman–Crippen LogP) is 1.31. The van der Waals surface area contributed by atoms with Gasteiger partial charge in [0.2, 0.25) is 17.7 Å². The third kappa shape index (κ3) is 10.3. The minimum atomic E-state index is -1.18. The lowest BCUT2D eigenvalue weighted by Crippen LogP contribution is -2.58. The fraction of sp³-hybridized carbons (Fsp3) is 0.407. The summed E-state index contributed by atoms with van der Waals surface area (Å²) in [6, 6.07) is 14.1. The van der Waals surface area contributed by atoms with Gasteiger partial charge in [0.15, 0.2) is 0 Å². The number of rotatable bonds is 14. The number of carbonyl (C=O) groups excluding carboxylic acids is 3. The van der Waals surface area contributed by atoms with Crippen molar-refractivity contribution in [3.63, 3.8) is 0 Å². The predicted molar refractivity (Wildman–Crippen MR) is 145 cm³/mol. The van der Waals surface area contributed by atoms with Crippen LogP contribution in [-0.2, 0) is 32.0 Å². The van der Waals surface area contributed by atoms with E-state index in [9.17, 15) is 24.3 Å². The number of amides is 3. The van der Waals surface area contributed by atoms with Crippen molar-refractivity contribution in [3.8, 4) is 0 Å². The summed E-state index contributed by atoms with van der Waals surface area (Å²) in [7, 11) is 0. The monoisotopic (exact) mass is 528 g/mol. The number of nitrogens with two attached hydrogens (primary N) is 1. The average Bonchev–Trinajstić information content (AvgIpc) is 2.87. The standard InChI is InChI=1S/C27H36N4O5S/c1-17(2)13-21(25(33)30-22(27(35)36)15-19-11-7-4-8-12-19)29-26(34)23(16-37)31-24(32)20(28)14-18-9-5-3-6-10-18/h3-12,17,20-23,37H,13-16,28H2,1-2H3,(H,29,34)(H,30,33)(H,31,32)(H,35,36).